The first kappa shape index (κ1) is 11.8. The Kier molecular flexibility index (Phi) is 3.66. The van der Waals surface area contributed by atoms with Crippen LogP contribution in [0.5, 0.6) is 5.75 Å². The number of anilines is 1. The van der Waals surface area contributed by atoms with Gasteiger partial charge in [-0.3, -0.25) is 9.59 Å². The van der Waals surface area contributed by atoms with Crippen LogP contribution in [0.1, 0.15) is 6.92 Å². The Morgan fingerprint density at radius 3 is 2.56 bits per heavy atom. The third-order valence-electron chi connectivity index (χ3n) is 1.90. The summed E-state index contributed by atoms with van der Waals surface area (Å²) in [5.41, 5.74) is 5.40. The summed E-state index contributed by atoms with van der Waals surface area (Å²) < 4.78 is 0. The summed E-state index contributed by atoms with van der Waals surface area (Å²) in [5.74, 6) is -1.22. The van der Waals surface area contributed by atoms with E-state index in [1.54, 1.807) is 18.2 Å². The molecule has 1 rings (SSSR count). The number of carbonyl (C=O) groups is 2. The Labute approximate surface area is 92.6 Å². The molecule has 0 aliphatic rings. The van der Waals surface area contributed by atoms with Crippen molar-refractivity contribution in [3.05, 3.63) is 35.9 Å². The van der Waals surface area contributed by atoms with E-state index in [4.69, 9.17) is 5.73 Å². The molecule has 0 aliphatic carbocycles. The van der Waals surface area contributed by atoms with Gasteiger partial charge in [0, 0.05) is 11.6 Å². The first-order valence-electron chi connectivity index (χ1n) is 4.58. The number of nitrogens with two attached hydrogens (primary N) is 1. The second-order valence-electron chi connectivity index (χ2n) is 3.20. The zero-order chi connectivity index (χ0) is 12.1. The number of nitrogens with one attached hydrogen (secondary N) is 1. The van der Waals surface area contributed by atoms with Crippen LogP contribution in [0.3, 0.4) is 0 Å². The minimum absolute atomic E-state index is 0.0408. The van der Waals surface area contributed by atoms with Crippen LogP contribution in [0.4, 0.5) is 5.69 Å². The number of rotatable bonds is 3. The van der Waals surface area contributed by atoms with Gasteiger partial charge in [0.25, 0.3) is 0 Å². The first-order valence-corrected chi connectivity index (χ1v) is 4.58. The smallest absolute Gasteiger partial charge is 0.248 e. The number of hydrogen-bond acceptors (Lipinski definition) is 3. The van der Waals surface area contributed by atoms with E-state index >= 15 is 0 Å². The first-order chi connectivity index (χ1) is 7.50. The van der Waals surface area contributed by atoms with Crippen LogP contribution in [0, 0.1) is 0 Å². The lowest BCUT2D eigenvalue weighted by Gasteiger charge is -2.04. The van der Waals surface area contributed by atoms with Gasteiger partial charge in [0.15, 0.2) is 0 Å². The average molecular weight is 220 g/mol. The Morgan fingerprint density at radius 1 is 1.38 bits per heavy atom. The lowest BCUT2D eigenvalue weighted by Crippen LogP contribution is -2.15. The number of amides is 2. The third-order valence-corrected chi connectivity index (χ3v) is 1.90. The van der Waals surface area contributed by atoms with Crippen molar-refractivity contribution >= 4 is 17.5 Å². The maximum Gasteiger partial charge on any atom is 0.248 e. The molecule has 0 saturated carbocycles. The summed E-state index contributed by atoms with van der Waals surface area (Å²) in [6.45, 7) is 1.44. The summed E-state index contributed by atoms with van der Waals surface area (Å²) >= 11 is 0. The molecule has 0 aliphatic heterocycles. The van der Waals surface area contributed by atoms with Crippen LogP contribution >= 0.6 is 0 Å². The number of carbonyl (C=O) groups excluding carboxylic acids is 2. The standard InChI is InChI=1S/C11H12N2O3/c1-7(11(12)16)6-10(15)13-8-4-2-3-5-9(8)14/h2-6,14H,1H3,(H2,12,16)(H,13,15)/b7-6+. The molecule has 1 aromatic carbocycles. The van der Waals surface area contributed by atoms with Gasteiger partial charge in [-0.1, -0.05) is 12.1 Å². The predicted molar refractivity (Wildman–Crippen MR) is 59.7 cm³/mol. The van der Waals surface area contributed by atoms with Gasteiger partial charge in [-0.25, -0.2) is 0 Å². The molecule has 16 heavy (non-hydrogen) atoms. The highest BCUT2D eigenvalue weighted by atomic mass is 16.3. The van der Waals surface area contributed by atoms with Gasteiger partial charge in [0.2, 0.25) is 11.8 Å². The van der Waals surface area contributed by atoms with E-state index in [-0.39, 0.29) is 17.0 Å². The molecule has 0 heterocycles. The van der Waals surface area contributed by atoms with E-state index in [1.807, 2.05) is 0 Å². The fraction of sp³-hybridized carbons (Fsp3) is 0.0909. The zero-order valence-electron chi connectivity index (χ0n) is 8.73. The number of hydrogen-bond donors (Lipinski definition) is 3. The molecule has 1 aromatic rings. The van der Waals surface area contributed by atoms with Crippen molar-refractivity contribution in [2.24, 2.45) is 5.73 Å². The van der Waals surface area contributed by atoms with Gasteiger partial charge in [0.05, 0.1) is 5.69 Å². The monoisotopic (exact) mass is 220 g/mol. The number of aromatic hydroxyl groups is 1. The maximum absolute atomic E-state index is 11.4. The van der Waals surface area contributed by atoms with Gasteiger partial charge in [0.1, 0.15) is 5.75 Å². The molecule has 0 fully saturated rings. The molecule has 5 nitrogen and oxygen atoms in total. The van der Waals surface area contributed by atoms with Crippen molar-refractivity contribution in [1.82, 2.24) is 0 Å². The normalized spacial score (nSPS) is 10.9. The molecule has 0 spiro atoms. The Bertz CT molecular complexity index is 452. The van der Waals surface area contributed by atoms with Crippen LogP contribution in [-0.2, 0) is 9.59 Å². The number of phenols is 1. The van der Waals surface area contributed by atoms with Crippen molar-refractivity contribution in [3.8, 4) is 5.75 Å². The molecule has 5 heteroatoms. The second-order valence-corrected chi connectivity index (χ2v) is 3.20. The SMILES string of the molecule is C/C(=C\C(=O)Nc1ccccc1O)C(N)=O. The topological polar surface area (TPSA) is 92.4 Å². The fourth-order valence-electron chi connectivity index (χ4n) is 1.02. The number of primary amides is 1. The van der Waals surface area contributed by atoms with Crippen molar-refractivity contribution in [1.29, 1.82) is 0 Å². The second kappa shape index (κ2) is 4.97. The summed E-state index contributed by atoms with van der Waals surface area (Å²) in [6, 6.07) is 6.29. The molecule has 0 unspecified atom stereocenters. The zero-order valence-corrected chi connectivity index (χ0v) is 8.73. The molecule has 84 valence electrons. The molecule has 0 aromatic heterocycles. The van der Waals surface area contributed by atoms with Gasteiger partial charge in [-0.2, -0.15) is 0 Å². The lowest BCUT2D eigenvalue weighted by atomic mass is 10.2. The predicted octanol–water partition coefficient (Wildman–Crippen LogP) is 0.762. The molecular weight excluding hydrogens is 208 g/mol. The molecule has 2 amide bonds. The van der Waals surface area contributed by atoms with E-state index in [0.717, 1.165) is 6.08 Å². The van der Waals surface area contributed by atoms with Gasteiger partial charge < -0.3 is 16.2 Å². The molecule has 0 bridgehead atoms. The van der Waals surface area contributed by atoms with Crippen LogP contribution < -0.4 is 11.1 Å². The highest BCUT2D eigenvalue weighted by molar-refractivity contribution is 6.05. The number of para-hydroxylation sites is 2. The summed E-state index contributed by atoms with van der Waals surface area (Å²) in [6.07, 6.45) is 1.08. The molecule has 4 N–H and O–H groups in total. The molecule has 0 radical (unpaired) electrons. The third kappa shape index (κ3) is 3.13. The number of benzene rings is 1. The number of phenolic OH excluding ortho intramolecular Hbond substituents is 1. The van der Waals surface area contributed by atoms with Crippen molar-refractivity contribution < 1.29 is 14.7 Å². The van der Waals surface area contributed by atoms with Crippen molar-refractivity contribution in [2.75, 3.05) is 5.32 Å². The van der Waals surface area contributed by atoms with Gasteiger partial charge in [-0.05, 0) is 19.1 Å². The van der Waals surface area contributed by atoms with Crippen LogP contribution in [0.25, 0.3) is 0 Å². The fourth-order valence-corrected chi connectivity index (χ4v) is 1.02. The van der Waals surface area contributed by atoms with E-state index < -0.39 is 11.8 Å². The summed E-state index contributed by atoms with van der Waals surface area (Å²) in [4.78, 5) is 22.1. The Morgan fingerprint density at radius 2 is 2.00 bits per heavy atom. The van der Waals surface area contributed by atoms with Gasteiger partial charge in [-0.15, -0.1) is 0 Å². The highest BCUT2D eigenvalue weighted by Gasteiger charge is 2.05. The summed E-state index contributed by atoms with van der Waals surface area (Å²) in [7, 11) is 0. The quantitative estimate of drug-likeness (QED) is 0.518. The maximum atomic E-state index is 11.4. The Balaban J connectivity index is 2.77. The average Bonchev–Trinajstić information content (AvgIpc) is 2.21. The van der Waals surface area contributed by atoms with E-state index in [1.165, 1.54) is 13.0 Å². The van der Waals surface area contributed by atoms with Crippen LogP contribution in [0.15, 0.2) is 35.9 Å². The highest BCUT2D eigenvalue weighted by Crippen LogP contribution is 2.21. The van der Waals surface area contributed by atoms with E-state index in [0.29, 0.717) is 0 Å². The van der Waals surface area contributed by atoms with E-state index in [2.05, 4.69) is 5.32 Å². The van der Waals surface area contributed by atoms with Crippen molar-refractivity contribution in [3.63, 3.8) is 0 Å². The molecule has 0 atom stereocenters. The minimum Gasteiger partial charge on any atom is -0.506 e. The molecular formula is C11H12N2O3. The largest absolute Gasteiger partial charge is 0.506 e. The lowest BCUT2D eigenvalue weighted by molar-refractivity contribution is -0.115. The minimum atomic E-state index is -0.660. The molecule has 0 saturated heterocycles. The van der Waals surface area contributed by atoms with Crippen molar-refractivity contribution in [2.45, 2.75) is 6.92 Å². The van der Waals surface area contributed by atoms with Crippen LogP contribution in [-0.4, -0.2) is 16.9 Å². The summed E-state index contributed by atoms with van der Waals surface area (Å²) in [5, 5.41) is 11.8. The van der Waals surface area contributed by atoms with E-state index in [9.17, 15) is 14.7 Å². The Hall–Kier alpha value is -2.30. The van der Waals surface area contributed by atoms with Gasteiger partial charge >= 0.3 is 0 Å². The van der Waals surface area contributed by atoms with Crippen LogP contribution in [0.2, 0.25) is 0 Å².